The first-order valence-electron chi connectivity index (χ1n) is 7.62. The number of methoxy groups -OCH3 is 2. The highest BCUT2D eigenvalue weighted by molar-refractivity contribution is 7.89. The summed E-state index contributed by atoms with van der Waals surface area (Å²) < 4.78 is 36.5. The van der Waals surface area contributed by atoms with E-state index in [4.69, 9.17) is 32.7 Å². The number of ether oxygens (including phenoxy) is 2. The Balaban J connectivity index is 2.19. The standard InChI is InChI=1S/C17H18Cl2N2O5S/c1-21(27(23,24)16-8-11(18)4-6-13(16)19)10-17(22)20-14-9-12(25-2)5-7-15(14)26-3/h4-9H,10H2,1-3H3,(H,20,22). The van der Waals surface area contributed by atoms with Crippen molar-refractivity contribution < 1.29 is 22.7 Å². The summed E-state index contributed by atoms with van der Waals surface area (Å²) in [6.07, 6.45) is 0. The molecule has 146 valence electrons. The number of carbonyl (C=O) groups is 1. The van der Waals surface area contributed by atoms with Gasteiger partial charge in [-0.15, -0.1) is 0 Å². The fourth-order valence-electron chi connectivity index (χ4n) is 2.23. The van der Waals surface area contributed by atoms with Gasteiger partial charge in [0.15, 0.2) is 0 Å². The lowest BCUT2D eigenvalue weighted by Gasteiger charge is -2.18. The lowest BCUT2D eigenvalue weighted by atomic mass is 10.2. The number of sulfonamides is 1. The SMILES string of the molecule is COc1ccc(OC)c(NC(=O)CN(C)S(=O)(=O)c2cc(Cl)ccc2Cl)c1. The van der Waals surface area contributed by atoms with E-state index in [1.165, 1.54) is 39.5 Å². The van der Waals surface area contributed by atoms with Crippen LogP contribution in [0.5, 0.6) is 11.5 Å². The molecule has 0 fully saturated rings. The van der Waals surface area contributed by atoms with Crippen LogP contribution < -0.4 is 14.8 Å². The van der Waals surface area contributed by atoms with E-state index in [1.807, 2.05) is 0 Å². The maximum atomic E-state index is 12.7. The maximum Gasteiger partial charge on any atom is 0.244 e. The zero-order chi connectivity index (χ0) is 20.2. The number of anilines is 1. The molecule has 2 aromatic carbocycles. The molecule has 0 aromatic heterocycles. The molecule has 10 heteroatoms. The van der Waals surface area contributed by atoms with E-state index in [9.17, 15) is 13.2 Å². The molecule has 0 aliphatic heterocycles. The zero-order valence-corrected chi connectivity index (χ0v) is 17.2. The van der Waals surface area contributed by atoms with E-state index < -0.39 is 22.5 Å². The quantitative estimate of drug-likeness (QED) is 0.725. The molecule has 27 heavy (non-hydrogen) atoms. The Morgan fingerprint density at radius 3 is 2.44 bits per heavy atom. The Bertz CT molecular complexity index is 950. The third-order valence-electron chi connectivity index (χ3n) is 3.63. The molecule has 7 nitrogen and oxygen atoms in total. The van der Waals surface area contributed by atoms with Crippen molar-refractivity contribution in [2.75, 3.05) is 33.1 Å². The van der Waals surface area contributed by atoms with Crippen molar-refractivity contribution >= 4 is 44.8 Å². The Labute approximate surface area is 167 Å². The van der Waals surface area contributed by atoms with Crippen molar-refractivity contribution in [1.29, 1.82) is 0 Å². The van der Waals surface area contributed by atoms with Gasteiger partial charge in [-0.25, -0.2) is 8.42 Å². The number of rotatable bonds is 7. The molecule has 2 aromatic rings. The number of benzene rings is 2. The highest BCUT2D eigenvalue weighted by atomic mass is 35.5. The molecule has 1 N–H and O–H groups in total. The van der Waals surface area contributed by atoms with E-state index in [-0.39, 0.29) is 14.9 Å². The van der Waals surface area contributed by atoms with Crippen LogP contribution in [0.3, 0.4) is 0 Å². The van der Waals surface area contributed by atoms with Crippen molar-refractivity contribution in [3.63, 3.8) is 0 Å². The summed E-state index contributed by atoms with van der Waals surface area (Å²) in [7, 11) is 0.207. The van der Waals surface area contributed by atoms with Gasteiger partial charge in [-0.05, 0) is 30.3 Å². The topological polar surface area (TPSA) is 84.9 Å². The Morgan fingerprint density at radius 1 is 1.11 bits per heavy atom. The van der Waals surface area contributed by atoms with Crippen LogP contribution in [0.2, 0.25) is 10.0 Å². The molecule has 2 rings (SSSR count). The van der Waals surface area contributed by atoms with Crippen LogP contribution in [0.1, 0.15) is 0 Å². The Hall–Kier alpha value is -2.00. The van der Waals surface area contributed by atoms with E-state index in [1.54, 1.807) is 18.2 Å². The molecule has 0 spiro atoms. The first kappa shape index (κ1) is 21.3. The van der Waals surface area contributed by atoms with Crippen LogP contribution in [0, 0.1) is 0 Å². The van der Waals surface area contributed by atoms with Gasteiger partial charge >= 0.3 is 0 Å². The fourth-order valence-corrected chi connectivity index (χ4v) is 4.09. The number of likely N-dealkylation sites (N-methyl/N-ethyl adjacent to an activating group) is 1. The van der Waals surface area contributed by atoms with Crippen LogP contribution in [-0.4, -0.2) is 46.4 Å². The number of hydrogen-bond donors (Lipinski definition) is 1. The first-order chi connectivity index (χ1) is 12.7. The van der Waals surface area contributed by atoms with Gasteiger partial charge in [0.1, 0.15) is 16.4 Å². The third kappa shape index (κ3) is 5.04. The van der Waals surface area contributed by atoms with Crippen molar-refractivity contribution in [1.82, 2.24) is 4.31 Å². The van der Waals surface area contributed by atoms with Crippen LogP contribution in [-0.2, 0) is 14.8 Å². The van der Waals surface area contributed by atoms with Gasteiger partial charge in [-0.3, -0.25) is 4.79 Å². The molecular formula is C17H18Cl2N2O5S. The average Bonchev–Trinajstić information content (AvgIpc) is 2.63. The van der Waals surface area contributed by atoms with Crippen LogP contribution >= 0.6 is 23.2 Å². The summed E-state index contributed by atoms with van der Waals surface area (Å²) >= 11 is 11.8. The minimum atomic E-state index is -4.01. The normalized spacial score (nSPS) is 11.3. The minimum Gasteiger partial charge on any atom is -0.497 e. The van der Waals surface area contributed by atoms with E-state index in [0.29, 0.717) is 17.2 Å². The van der Waals surface area contributed by atoms with E-state index in [0.717, 1.165) is 4.31 Å². The smallest absolute Gasteiger partial charge is 0.244 e. The lowest BCUT2D eigenvalue weighted by Crippen LogP contribution is -2.35. The summed E-state index contributed by atoms with van der Waals surface area (Å²) in [5, 5.41) is 2.84. The highest BCUT2D eigenvalue weighted by Crippen LogP contribution is 2.29. The van der Waals surface area contributed by atoms with Crippen LogP contribution in [0.25, 0.3) is 0 Å². The van der Waals surface area contributed by atoms with Gasteiger partial charge in [0.25, 0.3) is 0 Å². The molecule has 0 aliphatic rings. The molecule has 0 atom stereocenters. The molecule has 0 saturated carbocycles. The summed E-state index contributed by atoms with van der Waals surface area (Å²) in [5.41, 5.74) is 0.355. The third-order valence-corrected chi connectivity index (χ3v) is 6.15. The van der Waals surface area contributed by atoms with Crippen molar-refractivity contribution in [3.8, 4) is 11.5 Å². The molecule has 1 amide bonds. The minimum absolute atomic E-state index is 0.0149. The van der Waals surface area contributed by atoms with Gasteiger partial charge in [0.2, 0.25) is 15.9 Å². The van der Waals surface area contributed by atoms with Crippen LogP contribution in [0.15, 0.2) is 41.3 Å². The van der Waals surface area contributed by atoms with Gasteiger partial charge in [-0.1, -0.05) is 23.2 Å². The largest absolute Gasteiger partial charge is 0.497 e. The summed E-state index contributed by atoms with van der Waals surface area (Å²) in [6, 6.07) is 8.96. The number of nitrogens with one attached hydrogen (secondary N) is 1. The molecule has 0 aliphatic carbocycles. The molecule has 0 unspecified atom stereocenters. The Morgan fingerprint density at radius 2 is 1.81 bits per heavy atom. The van der Waals surface area contributed by atoms with Gasteiger partial charge in [0.05, 0.1) is 31.5 Å². The lowest BCUT2D eigenvalue weighted by molar-refractivity contribution is -0.116. The van der Waals surface area contributed by atoms with Crippen molar-refractivity contribution in [3.05, 3.63) is 46.4 Å². The number of amides is 1. The summed E-state index contributed by atoms with van der Waals surface area (Å²) in [4.78, 5) is 12.2. The molecular weight excluding hydrogens is 415 g/mol. The van der Waals surface area contributed by atoms with Gasteiger partial charge in [-0.2, -0.15) is 4.31 Å². The number of nitrogens with zero attached hydrogens (tertiary/aromatic N) is 1. The number of carbonyl (C=O) groups excluding carboxylic acids is 1. The monoisotopic (exact) mass is 432 g/mol. The van der Waals surface area contributed by atoms with Crippen molar-refractivity contribution in [2.24, 2.45) is 0 Å². The summed E-state index contributed by atoms with van der Waals surface area (Å²) in [6.45, 7) is -0.439. The van der Waals surface area contributed by atoms with E-state index >= 15 is 0 Å². The second-order valence-electron chi connectivity index (χ2n) is 5.45. The predicted molar refractivity (Wildman–Crippen MR) is 104 cm³/mol. The Kier molecular flexibility index (Phi) is 6.94. The van der Waals surface area contributed by atoms with Crippen LogP contribution in [0.4, 0.5) is 5.69 Å². The zero-order valence-electron chi connectivity index (χ0n) is 14.8. The van der Waals surface area contributed by atoms with E-state index in [2.05, 4.69) is 5.32 Å². The first-order valence-corrected chi connectivity index (χ1v) is 9.82. The fraction of sp³-hybridized carbons (Fsp3) is 0.235. The molecule has 0 heterocycles. The van der Waals surface area contributed by atoms with Gasteiger partial charge in [0, 0.05) is 18.1 Å². The number of halogens is 2. The average molecular weight is 433 g/mol. The second-order valence-corrected chi connectivity index (χ2v) is 8.31. The number of hydrogen-bond acceptors (Lipinski definition) is 5. The molecule has 0 bridgehead atoms. The summed E-state index contributed by atoms with van der Waals surface area (Å²) in [5.74, 6) is 0.358. The second kappa shape index (κ2) is 8.79. The van der Waals surface area contributed by atoms with Crippen molar-refractivity contribution in [2.45, 2.75) is 4.90 Å². The maximum absolute atomic E-state index is 12.7. The predicted octanol–water partition coefficient (Wildman–Crippen LogP) is 3.27. The molecule has 0 radical (unpaired) electrons. The highest BCUT2D eigenvalue weighted by Gasteiger charge is 2.26. The van der Waals surface area contributed by atoms with Gasteiger partial charge < -0.3 is 14.8 Å². The molecule has 0 saturated heterocycles.